The molecule has 0 radical (unpaired) electrons. The minimum Gasteiger partial charge on any atom is -0.369 e. The Hall–Kier alpha value is -0.930. The third kappa shape index (κ3) is 2.76. The molecule has 0 bridgehead atoms. The van der Waals surface area contributed by atoms with Gasteiger partial charge in [0.1, 0.15) is 5.82 Å². The van der Waals surface area contributed by atoms with Gasteiger partial charge in [-0.1, -0.05) is 12.1 Å². The van der Waals surface area contributed by atoms with Crippen LogP contribution in [0.15, 0.2) is 24.3 Å². The number of nitrogens with one attached hydrogen (secondary N) is 1. The normalized spacial score (nSPS) is 22.9. The topological polar surface area (TPSA) is 21.3 Å². The molecule has 1 N–H and O–H groups in total. The van der Waals surface area contributed by atoms with E-state index in [0.29, 0.717) is 6.10 Å². The molecule has 0 unspecified atom stereocenters. The van der Waals surface area contributed by atoms with Crippen LogP contribution in [0.2, 0.25) is 0 Å². The molecule has 2 nitrogen and oxygen atoms in total. The first kappa shape index (κ1) is 10.6. The Morgan fingerprint density at radius 3 is 2.73 bits per heavy atom. The van der Waals surface area contributed by atoms with Gasteiger partial charge in [0.2, 0.25) is 0 Å². The van der Waals surface area contributed by atoms with Gasteiger partial charge in [0.25, 0.3) is 0 Å². The average Bonchev–Trinajstić information content (AvgIpc) is 2.71. The SMILES string of the molecule is C[C@H](O[C@H]1CCNC1)c1ccc(F)cc1. The van der Waals surface area contributed by atoms with E-state index in [1.165, 1.54) is 12.1 Å². The van der Waals surface area contributed by atoms with E-state index in [4.69, 9.17) is 4.74 Å². The van der Waals surface area contributed by atoms with Crippen LogP contribution in [0, 0.1) is 5.82 Å². The number of hydrogen-bond acceptors (Lipinski definition) is 2. The molecule has 1 aromatic carbocycles. The van der Waals surface area contributed by atoms with E-state index in [1.807, 2.05) is 6.92 Å². The highest BCUT2D eigenvalue weighted by Gasteiger charge is 2.18. The Morgan fingerprint density at radius 1 is 1.40 bits per heavy atom. The maximum Gasteiger partial charge on any atom is 0.123 e. The fraction of sp³-hybridized carbons (Fsp3) is 0.500. The predicted molar refractivity (Wildman–Crippen MR) is 57.2 cm³/mol. The van der Waals surface area contributed by atoms with E-state index in [-0.39, 0.29) is 11.9 Å². The Labute approximate surface area is 89.4 Å². The average molecular weight is 209 g/mol. The molecule has 1 aromatic rings. The van der Waals surface area contributed by atoms with Crippen LogP contribution in [0.25, 0.3) is 0 Å². The summed E-state index contributed by atoms with van der Waals surface area (Å²) >= 11 is 0. The van der Waals surface area contributed by atoms with Crippen LogP contribution in [0.4, 0.5) is 4.39 Å². The molecule has 0 saturated carbocycles. The van der Waals surface area contributed by atoms with Crippen LogP contribution in [0.5, 0.6) is 0 Å². The summed E-state index contributed by atoms with van der Waals surface area (Å²) in [6.07, 6.45) is 1.39. The molecule has 0 aromatic heterocycles. The van der Waals surface area contributed by atoms with E-state index >= 15 is 0 Å². The molecule has 1 fully saturated rings. The molecule has 0 spiro atoms. The van der Waals surface area contributed by atoms with Gasteiger partial charge < -0.3 is 10.1 Å². The smallest absolute Gasteiger partial charge is 0.123 e. The lowest BCUT2D eigenvalue weighted by molar-refractivity contribution is 0.00826. The highest BCUT2D eigenvalue weighted by Crippen LogP contribution is 2.20. The fourth-order valence-electron chi connectivity index (χ4n) is 1.85. The highest BCUT2D eigenvalue weighted by molar-refractivity contribution is 5.18. The van der Waals surface area contributed by atoms with E-state index in [2.05, 4.69) is 5.32 Å². The summed E-state index contributed by atoms with van der Waals surface area (Å²) in [4.78, 5) is 0. The van der Waals surface area contributed by atoms with Gasteiger partial charge in [-0.2, -0.15) is 0 Å². The molecule has 1 aliphatic heterocycles. The van der Waals surface area contributed by atoms with Crippen LogP contribution < -0.4 is 5.32 Å². The zero-order chi connectivity index (χ0) is 10.7. The second-order valence-corrected chi connectivity index (χ2v) is 3.94. The van der Waals surface area contributed by atoms with Crippen molar-refractivity contribution in [2.75, 3.05) is 13.1 Å². The van der Waals surface area contributed by atoms with Crippen molar-refractivity contribution in [3.8, 4) is 0 Å². The monoisotopic (exact) mass is 209 g/mol. The summed E-state index contributed by atoms with van der Waals surface area (Å²) in [5.74, 6) is -0.200. The van der Waals surface area contributed by atoms with Crippen molar-refractivity contribution in [2.24, 2.45) is 0 Å². The molecular formula is C12H16FNO. The lowest BCUT2D eigenvalue weighted by Gasteiger charge is -2.18. The molecule has 82 valence electrons. The summed E-state index contributed by atoms with van der Waals surface area (Å²) in [6, 6.07) is 6.51. The number of benzene rings is 1. The van der Waals surface area contributed by atoms with Crippen molar-refractivity contribution in [1.29, 1.82) is 0 Å². The predicted octanol–water partition coefficient (Wildman–Crippen LogP) is 2.27. The lowest BCUT2D eigenvalue weighted by atomic mass is 10.1. The summed E-state index contributed by atoms with van der Waals surface area (Å²) in [6.45, 7) is 3.96. The molecule has 3 heteroatoms. The molecule has 1 saturated heterocycles. The van der Waals surface area contributed by atoms with Gasteiger partial charge in [-0.15, -0.1) is 0 Å². The van der Waals surface area contributed by atoms with E-state index in [1.54, 1.807) is 12.1 Å². The first-order valence-corrected chi connectivity index (χ1v) is 5.37. The Balaban J connectivity index is 1.94. The van der Waals surface area contributed by atoms with Crippen molar-refractivity contribution in [1.82, 2.24) is 5.32 Å². The van der Waals surface area contributed by atoms with Gasteiger partial charge in [0.15, 0.2) is 0 Å². The van der Waals surface area contributed by atoms with Gasteiger partial charge in [-0.25, -0.2) is 4.39 Å². The number of hydrogen-bond donors (Lipinski definition) is 1. The van der Waals surface area contributed by atoms with E-state index in [0.717, 1.165) is 25.1 Å². The molecule has 2 atom stereocenters. The summed E-state index contributed by atoms with van der Waals surface area (Å²) in [5, 5.41) is 3.25. The second-order valence-electron chi connectivity index (χ2n) is 3.94. The Kier molecular flexibility index (Phi) is 3.34. The van der Waals surface area contributed by atoms with E-state index in [9.17, 15) is 4.39 Å². The second kappa shape index (κ2) is 4.73. The van der Waals surface area contributed by atoms with Gasteiger partial charge in [0.05, 0.1) is 12.2 Å². The zero-order valence-electron chi connectivity index (χ0n) is 8.87. The van der Waals surface area contributed by atoms with Gasteiger partial charge in [0, 0.05) is 6.54 Å². The van der Waals surface area contributed by atoms with E-state index < -0.39 is 0 Å². The fourth-order valence-corrected chi connectivity index (χ4v) is 1.85. The van der Waals surface area contributed by atoms with Crippen LogP contribution in [-0.4, -0.2) is 19.2 Å². The minimum absolute atomic E-state index is 0.0375. The molecule has 0 aliphatic carbocycles. The zero-order valence-corrected chi connectivity index (χ0v) is 8.87. The first-order valence-electron chi connectivity index (χ1n) is 5.37. The lowest BCUT2D eigenvalue weighted by Crippen LogP contribution is -2.18. The standard InChI is InChI=1S/C12H16FNO/c1-9(15-12-6-7-14-8-12)10-2-4-11(13)5-3-10/h2-5,9,12,14H,6-8H2,1H3/t9-,12-/m0/s1. The largest absolute Gasteiger partial charge is 0.369 e. The third-order valence-electron chi connectivity index (χ3n) is 2.75. The van der Waals surface area contributed by atoms with Crippen molar-refractivity contribution >= 4 is 0 Å². The summed E-state index contributed by atoms with van der Waals surface area (Å²) in [7, 11) is 0. The van der Waals surface area contributed by atoms with Crippen molar-refractivity contribution in [3.63, 3.8) is 0 Å². The molecule has 0 amide bonds. The van der Waals surface area contributed by atoms with Gasteiger partial charge in [-0.05, 0) is 37.6 Å². The number of halogens is 1. The number of ether oxygens (including phenoxy) is 1. The third-order valence-corrected chi connectivity index (χ3v) is 2.75. The van der Waals surface area contributed by atoms with Gasteiger partial charge in [-0.3, -0.25) is 0 Å². The minimum atomic E-state index is -0.200. The van der Waals surface area contributed by atoms with Crippen LogP contribution in [0.3, 0.4) is 0 Å². The van der Waals surface area contributed by atoms with Crippen molar-refractivity contribution in [3.05, 3.63) is 35.6 Å². The van der Waals surface area contributed by atoms with Crippen molar-refractivity contribution in [2.45, 2.75) is 25.6 Å². The molecule has 2 rings (SSSR count). The maximum atomic E-state index is 12.7. The number of rotatable bonds is 3. The Morgan fingerprint density at radius 2 is 2.13 bits per heavy atom. The quantitative estimate of drug-likeness (QED) is 0.824. The van der Waals surface area contributed by atoms with Gasteiger partial charge >= 0.3 is 0 Å². The van der Waals surface area contributed by atoms with Crippen LogP contribution in [-0.2, 0) is 4.74 Å². The molecule has 15 heavy (non-hydrogen) atoms. The molecular weight excluding hydrogens is 193 g/mol. The molecule has 1 aliphatic rings. The molecule has 1 heterocycles. The summed E-state index contributed by atoms with van der Waals surface area (Å²) in [5.41, 5.74) is 1.03. The summed E-state index contributed by atoms with van der Waals surface area (Å²) < 4.78 is 18.6. The first-order chi connectivity index (χ1) is 7.25. The highest BCUT2D eigenvalue weighted by atomic mass is 19.1. The van der Waals surface area contributed by atoms with Crippen LogP contribution in [0.1, 0.15) is 25.0 Å². The van der Waals surface area contributed by atoms with Crippen molar-refractivity contribution < 1.29 is 9.13 Å². The maximum absolute atomic E-state index is 12.7. The Bertz CT molecular complexity index is 306. The van der Waals surface area contributed by atoms with Crippen LogP contribution >= 0.6 is 0 Å².